The van der Waals surface area contributed by atoms with Gasteiger partial charge in [0.1, 0.15) is 5.82 Å². The fourth-order valence-electron chi connectivity index (χ4n) is 1.83. The zero-order valence-corrected chi connectivity index (χ0v) is 13.3. The number of nitrogens with two attached hydrogens (primary N) is 1. The Kier molecular flexibility index (Phi) is 6.74. The van der Waals surface area contributed by atoms with Gasteiger partial charge >= 0.3 is 0 Å². The van der Waals surface area contributed by atoms with Crippen LogP contribution in [0.15, 0.2) is 12.1 Å². The van der Waals surface area contributed by atoms with Crippen LogP contribution in [0.3, 0.4) is 0 Å². The molecular weight excluding hydrogens is 285 g/mol. The molecule has 0 aliphatic heterocycles. The van der Waals surface area contributed by atoms with Gasteiger partial charge in [-0.25, -0.2) is 4.39 Å². The molecule has 0 aliphatic carbocycles. The molecule has 1 aromatic rings. The predicted molar refractivity (Wildman–Crippen MR) is 79.1 cm³/mol. The van der Waals surface area contributed by atoms with Gasteiger partial charge in [-0.2, -0.15) is 0 Å². The van der Waals surface area contributed by atoms with Crippen LogP contribution in [0.25, 0.3) is 0 Å². The normalized spacial score (nSPS) is 14.2. The molecule has 0 saturated heterocycles. The van der Waals surface area contributed by atoms with Crippen LogP contribution in [-0.4, -0.2) is 25.4 Å². The van der Waals surface area contributed by atoms with Crippen molar-refractivity contribution in [3.05, 3.63) is 23.5 Å². The zero-order valence-electron chi connectivity index (χ0n) is 12.4. The molecule has 3 N–H and O–H groups in total. The van der Waals surface area contributed by atoms with Crippen molar-refractivity contribution in [2.24, 2.45) is 11.1 Å². The average Bonchev–Trinajstić information content (AvgIpc) is 2.35. The fraction of sp³-hybridized carbons (Fsp3) is 0.571. The summed E-state index contributed by atoms with van der Waals surface area (Å²) in [5.41, 5.74) is 5.72. The summed E-state index contributed by atoms with van der Waals surface area (Å²) < 4.78 is 24.2. The molecule has 0 unspecified atom stereocenters. The van der Waals surface area contributed by atoms with Crippen molar-refractivity contribution in [2.45, 2.75) is 32.9 Å². The van der Waals surface area contributed by atoms with Gasteiger partial charge in [0.05, 0.1) is 26.4 Å². The van der Waals surface area contributed by atoms with E-state index < -0.39 is 23.4 Å². The molecule has 2 atom stereocenters. The molecule has 0 amide bonds. The van der Waals surface area contributed by atoms with Gasteiger partial charge in [0.2, 0.25) is 0 Å². The molecule has 4 nitrogen and oxygen atoms in total. The van der Waals surface area contributed by atoms with E-state index >= 15 is 0 Å². The second-order valence-electron chi connectivity index (χ2n) is 5.57. The third-order valence-corrected chi connectivity index (χ3v) is 3.09. The second kappa shape index (κ2) is 7.11. The van der Waals surface area contributed by atoms with E-state index in [4.69, 9.17) is 15.2 Å². The monoisotopic (exact) mass is 307 g/mol. The topological polar surface area (TPSA) is 64.7 Å². The Morgan fingerprint density at radius 1 is 1.15 bits per heavy atom. The smallest absolute Gasteiger partial charge is 0.163 e. The third-order valence-electron chi connectivity index (χ3n) is 3.09. The van der Waals surface area contributed by atoms with Crippen molar-refractivity contribution < 1.29 is 19.0 Å². The standard InChI is InChI=1S/C14H22FNO3.ClH/c1-14(2,3)13(17)12(16)8-6-10(18-4)11(19-5)7-9(8)15;/h6-7,12-13,17H,16H2,1-5H3;1H/t12-,13-;/m1./s1. The average molecular weight is 308 g/mol. The SMILES string of the molecule is COc1cc(F)c([C@@H](N)[C@@H](O)C(C)(C)C)cc1OC.Cl. The van der Waals surface area contributed by atoms with Crippen LogP contribution in [-0.2, 0) is 0 Å². The Morgan fingerprint density at radius 2 is 1.60 bits per heavy atom. The van der Waals surface area contributed by atoms with Gasteiger partial charge in [-0.1, -0.05) is 20.8 Å². The lowest BCUT2D eigenvalue weighted by molar-refractivity contribution is 0.0391. The largest absolute Gasteiger partial charge is 0.493 e. The highest BCUT2D eigenvalue weighted by Gasteiger charge is 2.31. The minimum atomic E-state index is -0.875. The minimum absolute atomic E-state index is 0. The summed E-state index contributed by atoms with van der Waals surface area (Å²) >= 11 is 0. The number of aliphatic hydroxyl groups excluding tert-OH is 1. The number of aliphatic hydroxyl groups is 1. The van der Waals surface area contributed by atoms with E-state index in [-0.39, 0.29) is 18.0 Å². The molecule has 0 heterocycles. The maximum atomic E-state index is 14.0. The van der Waals surface area contributed by atoms with Crippen LogP contribution in [0.4, 0.5) is 4.39 Å². The van der Waals surface area contributed by atoms with Crippen molar-refractivity contribution in [3.63, 3.8) is 0 Å². The third kappa shape index (κ3) is 3.98. The quantitative estimate of drug-likeness (QED) is 0.897. The Labute approximate surface area is 125 Å². The van der Waals surface area contributed by atoms with Crippen LogP contribution >= 0.6 is 12.4 Å². The van der Waals surface area contributed by atoms with E-state index in [1.54, 1.807) is 0 Å². The number of hydrogen-bond donors (Lipinski definition) is 2. The van der Waals surface area contributed by atoms with E-state index in [1.807, 2.05) is 20.8 Å². The first-order valence-electron chi connectivity index (χ1n) is 6.07. The lowest BCUT2D eigenvalue weighted by atomic mass is 9.82. The van der Waals surface area contributed by atoms with E-state index in [9.17, 15) is 9.50 Å². The van der Waals surface area contributed by atoms with E-state index in [2.05, 4.69) is 0 Å². The molecule has 1 aromatic carbocycles. The molecule has 116 valence electrons. The molecule has 20 heavy (non-hydrogen) atoms. The highest BCUT2D eigenvalue weighted by Crippen LogP contribution is 2.35. The van der Waals surface area contributed by atoms with Crippen LogP contribution in [0.5, 0.6) is 11.5 Å². The fourth-order valence-corrected chi connectivity index (χ4v) is 1.83. The summed E-state index contributed by atoms with van der Waals surface area (Å²) in [7, 11) is 2.89. The lowest BCUT2D eigenvalue weighted by Crippen LogP contribution is -2.37. The Balaban J connectivity index is 0.00000361. The van der Waals surface area contributed by atoms with E-state index in [1.165, 1.54) is 26.4 Å². The molecule has 0 bridgehead atoms. The number of benzene rings is 1. The predicted octanol–water partition coefficient (Wildman–Crippen LogP) is 2.67. The van der Waals surface area contributed by atoms with Crippen LogP contribution in [0, 0.1) is 11.2 Å². The van der Waals surface area contributed by atoms with Crippen LogP contribution < -0.4 is 15.2 Å². The maximum Gasteiger partial charge on any atom is 0.163 e. The van der Waals surface area contributed by atoms with Gasteiger partial charge in [0.25, 0.3) is 0 Å². The molecule has 0 radical (unpaired) electrons. The molecule has 0 aromatic heterocycles. The van der Waals surface area contributed by atoms with E-state index in [0.717, 1.165) is 0 Å². The summed E-state index contributed by atoms with van der Waals surface area (Å²) in [4.78, 5) is 0. The molecule has 0 fully saturated rings. The van der Waals surface area contributed by atoms with Crippen molar-refractivity contribution >= 4 is 12.4 Å². The van der Waals surface area contributed by atoms with Gasteiger partial charge in [-0.15, -0.1) is 12.4 Å². The number of rotatable bonds is 4. The van der Waals surface area contributed by atoms with Crippen molar-refractivity contribution in [1.29, 1.82) is 0 Å². The van der Waals surface area contributed by atoms with Crippen LogP contribution in [0.1, 0.15) is 32.4 Å². The second-order valence-corrected chi connectivity index (χ2v) is 5.57. The first-order valence-corrected chi connectivity index (χ1v) is 6.07. The van der Waals surface area contributed by atoms with Gasteiger partial charge in [-0.3, -0.25) is 0 Å². The zero-order chi connectivity index (χ0) is 14.8. The van der Waals surface area contributed by atoms with Gasteiger partial charge in [-0.05, 0) is 11.5 Å². The van der Waals surface area contributed by atoms with Gasteiger partial charge < -0.3 is 20.3 Å². The summed E-state index contributed by atoms with van der Waals surface area (Å²) in [5.74, 6) is 0.158. The van der Waals surface area contributed by atoms with Gasteiger partial charge in [0.15, 0.2) is 11.5 Å². The summed E-state index contributed by atoms with van der Waals surface area (Å²) in [6.07, 6.45) is -0.875. The molecular formula is C14H23ClFNO3. The molecule has 0 aliphatic rings. The highest BCUT2D eigenvalue weighted by atomic mass is 35.5. The molecule has 0 saturated carbocycles. The highest BCUT2D eigenvalue weighted by molar-refractivity contribution is 5.85. The van der Waals surface area contributed by atoms with Crippen molar-refractivity contribution in [3.8, 4) is 11.5 Å². The summed E-state index contributed by atoms with van der Waals surface area (Å²) in [6.45, 7) is 5.53. The number of halogens is 2. The Bertz CT molecular complexity index is 449. The maximum absolute atomic E-state index is 14.0. The molecule has 6 heteroatoms. The van der Waals surface area contributed by atoms with Crippen LogP contribution in [0.2, 0.25) is 0 Å². The first kappa shape index (κ1) is 19.0. The lowest BCUT2D eigenvalue weighted by Gasteiger charge is -2.31. The molecule has 1 rings (SSSR count). The Morgan fingerprint density at radius 3 is 2.00 bits per heavy atom. The first-order chi connectivity index (χ1) is 8.72. The molecule has 0 spiro atoms. The summed E-state index contributed by atoms with van der Waals surface area (Å²) in [6, 6.07) is 1.84. The number of hydrogen-bond acceptors (Lipinski definition) is 4. The van der Waals surface area contributed by atoms with Crippen molar-refractivity contribution in [2.75, 3.05) is 14.2 Å². The number of ether oxygens (including phenoxy) is 2. The van der Waals surface area contributed by atoms with Gasteiger partial charge in [0, 0.05) is 11.6 Å². The van der Waals surface area contributed by atoms with Crippen molar-refractivity contribution in [1.82, 2.24) is 0 Å². The summed E-state index contributed by atoms with van der Waals surface area (Å²) in [5, 5.41) is 10.2. The van der Waals surface area contributed by atoms with E-state index in [0.29, 0.717) is 11.5 Å². The minimum Gasteiger partial charge on any atom is -0.493 e. The number of methoxy groups -OCH3 is 2. The Hall–Kier alpha value is -1.04.